The number of rotatable bonds is 23. The number of carboxylic acids is 1. The minimum atomic E-state index is -1.88. The number of benzene rings is 2. The summed E-state index contributed by atoms with van der Waals surface area (Å²) >= 11 is 6.81. The number of esters is 1. The van der Waals surface area contributed by atoms with Crippen LogP contribution in [-0.4, -0.2) is 178 Å². The van der Waals surface area contributed by atoms with Crippen molar-refractivity contribution in [1.29, 1.82) is 0 Å². The van der Waals surface area contributed by atoms with Crippen LogP contribution in [0.5, 0.6) is 5.75 Å². The van der Waals surface area contributed by atoms with Crippen LogP contribution in [0, 0.1) is 5.92 Å². The number of aliphatic carboxylic acids is 1. The summed E-state index contributed by atoms with van der Waals surface area (Å²) < 4.78 is 42.6. The average Bonchev–Trinajstić information content (AvgIpc) is 4.22. The first-order valence-electron chi connectivity index (χ1n) is 26.5. The van der Waals surface area contributed by atoms with Gasteiger partial charge in [-0.2, -0.15) is 0 Å². The number of hydrogen-bond donors (Lipinski definition) is 6. The lowest BCUT2D eigenvalue weighted by molar-refractivity contribution is -0.162. The van der Waals surface area contributed by atoms with Crippen LogP contribution < -0.4 is 30.9 Å². The predicted octanol–water partition coefficient (Wildman–Crippen LogP) is 3.78. The van der Waals surface area contributed by atoms with Crippen LogP contribution in [0.4, 0.5) is 10.5 Å². The van der Waals surface area contributed by atoms with Crippen molar-refractivity contribution < 1.29 is 76.9 Å². The monoisotopic (exact) mass is 1140 g/mol. The molecule has 6 N–H and O–H groups in total. The summed E-state index contributed by atoms with van der Waals surface area (Å²) in [5.74, 6) is -4.47. The number of amides is 5. The fourth-order valence-corrected chi connectivity index (χ4v) is 10.3. The molecule has 0 saturated carbocycles. The number of alkyl carbamates (subject to hydrolysis) is 1. The van der Waals surface area contributed by atoms with Crippen LogP contribution in [0.1, 0.15) is 71.1 Å². The number of hydrogen-bond acceptors (Lipinski definition) is 16. The molecule has 4 heterocycles. The van der Waals surface area contributed by atoms with Gasteiger partial charge in [0, 0.05) is 70.8 Å². The van der Waals surface area contributed by atoms with Gasteiger partial charge in [-0.15, -0.1) is 0 Å². The van der Waals surface area contributed by atoms with Crippen molar-refractivity contribution in [3.05, 3.63) is 82.5 Å². The Balaban J connectivity index is 1.00. The summed E-state index contributed by atoms with van der Waals surface area (Å²) in [6.07, 6.45) is -0.373. The van der Waals surface area contributed by atoms with Crippen LogP contribution in [0.25, 0.3) is 10.9 Å². The first-order valence-corrected chi connectivity index (χ1v) is 26.9. The zero-order valence-electron chi connectivity index (χ0n) is 46.8. The van der Waals surface area contributed by atoms with Gasteiger partial charge in [0.15, 0.2) is 5.72 Å². The van der Waals surface area contributed by atoms with Gasteiger partial charge < -0.3 is 73.7 Å². The maximum Gasteiger partial charge on any atom is 0.409 e. The van der Waals surface area contributed by atoms with E-state index in [2.05, 4.69) is 21.3 Å². The molecule has 9 atom stereocenters. The van der Waals surface area contributed by atoms with Crippen LogP contribution in [0.3, 0.4) is 0 Å². The molecule has 0 radical (unpaired) electrons. The van der Waals surface area contributed by atoms with Crippen LogP contribution in [0.15, 0.2) is 66.3 Å². The lowest BCUT2D eigenvalue weighted by Gasteiger charge is -2.42. The van der Waals surface area contributed by atoms with Crippen molar-refractivity contribution in [1.82, 2.24) is 30.7 Å². The number of allylic oxidation sites excluding steroid dienone is 3. The molecule has 0 unspecified atom stereocenters. The average molecular weight is 1140 g/mol. The summed E-state index contributed by atoms with van der Waals surface area (Å²) in [5, 5.41) is 33.3. The van der Waals surface area contributed by atoms with Gasteiger partial charge in [-0.3, -0.25) is 29.3 Å². The van der Waals surface area contributed by atoms with Crippen LogP contribution in [-0.2, 0) is 76.7 Å². The standard InChI is InChI=1S/C56H76ClN7O16/c1-33-13-12-16-44(75-9)56(73)31-43(78-54(72)61-56)34(2)51-55(4,80-51)45(30-48(67)63(7)41-26-36(25-33)27-42(74-8)50(41)57)79-53(71)35(3)62(6)47(66)18-21-76-23-24-77-22-19-59-52(70)39(29-49(68)69)60-46(65)17-20-64-38(32-58-5)28-37-14-10-11-15-40(37)64/h10-16,26-28,34-35,39,43-45,51,58,73H,17-25,29-32H2,1-9H3,(H,59,70)(H,60,65)(H,61,72)(H,68,69)/b16-12+,33-13+/t34-,35+,39+,43+,44-,45+,51+,55-,56+/m1/s1. The SMILES string of the molecule is CNCc1cc2ccccc2n1CCC(=O)N[C@@H](CC(=O)O)C(=O)NCCOCCOCCC(=O)N(C)[C@@H](C)C(=O)O[C@H]1CC(=O)N(C)c2cc(cc(OC)c2Cl)C/C(C)=C/C=C/[C@@H](OC)[C@@]2(O)C[C@H](OC(=O)N2)[C@@H](C)[C@@H]2O[C@]12C. The summed E-state index contributed by atoms with van der Waals surface area (Å²) in [6, 6.07) is 10.9. The zero-order chi connectivity index (χ0) is 58.5. The highest BCUT2D eigenvalue weighted by atomic mass is 35.5. The Hall–Kier alpha value is -6.60. The van der Waals surface area contributed by atoms with E-state index in [4.69, 9.17) is 44.8 Å². The third-order valence-electron chi connectivity index (χ3n) is 14.7. The largest absolute Gasteiger partial charge is 0.495 e. The van der Waals surface area contributed by atoms with E-state index in [-0.39, 0.29) is 57.3 Å². The highest BCUT2D eigenvalue weighted by Crippen LogP contribution is 2.49. The number of nitrogens with zero attached hydrogens (tertiary/aromatic N) is 3. The molecular formula is C56H76ClN7O16. The normalized spacial score (nSPS) is 24.9. The maximum absolute atomic E-state index is 14.3. The molecule has 5 amide bonds. The molecule has 24 heteroatoms. The van der Waals surface area contributed by atoms with E-state index in [0.717, 1.165) is 27.7 Å². The van der Waals surface area contributed by atoms with Crippen molar-refractivity contribution in [2.45, 2.75) is 127 Å². The number of carbonyl (C=O) groups excluding carboxylic acids is 6. The Kier molecular flexibility index (Phi) is 22.1. The molecule has 80 heavy (non-hydrogen) atoms. The van der Waals surface area contributed by atoms with Crippen molar-refractivity contribution in [2.75, 3.05) is 73.2 Å². The molecular weight excluding hydrogens is 1060 g/mol. The van der Waals surface area contributed by atoms with Gasteiger partial charge in [-0.05, 0) is 69.5 Å². The summed E-state index contributed by atoms with van der Waals surface area (Å²) in [5.41, 5.74) is 0.730. The number of aryl methyl sites for hydroxylation is 1. The van der Waals surface area contributed by atoms with Gasteiger partial charge in [-0.25, -0.2) is 9.59 Å². The van der Waals surface area contributed by atoms with Crippen LogP contribution >= 0.6 is 11.6 Å². The number of likely N-dealkylation sites (N-methyl/N-ethyl adjacent to an activating group) is 1. The number of nitrogens with one attached hydrogen (secondary N) is 4. The minimum Gasteiger partial charge on any atom is -0.495 e. The molecule has 438 valence electrons. The molecule has 2 fully saturated rings. The highest BCUT2D eigenvalue weighted by molar-refractivity contribution is 6.35. The van der Waals surface area contributed by atoms with Crippen molar-refractivity contribution in [2.24, 2.45) is 5.92 Å². The van der Waals surface area contributed by atoms with E-state index in [1.54, 1.807) is 45.2 Å². The summed E-state index contributed by atoms with van der Waals surface area (Å²) in [6.45, 7) is 7.91. The van der Waals surface area contributed by atoms with E-state index in [1.165, 1.54) is 38.0 Å². The van der Waals surface area contributed by atoms with Crippen molar-refractivity contribution >= 4 is 69.9 Å². The number of aliphatic hydroxyl groups is 1. The van der Waals surface area contributed by atoms with Gasteiger partial charge in [0.25, 0.3) is 0 Å². The van der Waals surface area contributed by atoms with Crippen LogP contribution in [0.2, 0.25) is 5.02 Å². The van der Waals surface area contributed by atoms with Gasteiger partial charge in [-0.1, -0.05) is 60.5 Å². The van der Waals surface area contributed by atoms with Gasteiger partial charge in [0.2, 0.25) is 23.6 Å². The lowest BCUT2D eigenvalue weighted by atomic mass is 9.83. The number of carbonyl (C=O) groups is 7. The number of aromatic nitrogens is 1. The molecule has 23 nitrogen and oxygen atoms in total. The summed E-state index contributed by atoms with van der Waals surface area (Å²) in [4.78, 5) is 94.9. The number of fused-ring (bicyclic) bond motifs is 6. The molecule has 2 saturated heterocycles. The highest BCUT2D eigenvalue weighted by Gasteiger charge is 2.64. The number of epoxide rings is 1. The Labute approximate surface area is 470 Å². The van der Waals surface area contributed by atoms with E-state index in [1.807, 2.05) is 54.9 Å². The molecule has 1 aromatic heterocycles. The quantitative estimate of drug-likeness (QED) is 0.0448. The molecule has 6 rings (SSSR count). The molecule has 3 aliphatic rings. The number of halogens is 1. The Morgan fingerprint density at radius 2 is 1.76 bits per heavy atom. The minimum absolute atomic E-state index is 0.0147. The summed E-state index contributed by atoms with van der Waals surface area (Å²) in [7, 11) is 7.67. The smallest absolute Gasteiger partial charge is 0.409 e. The third kappa shape index (κ3) is 15.9. The fourth-order valence-electron chi connectivity index (χ4n) is 9.97. The molecule has 0 aliphatic carbocycles. The number of carboxylic acid groups (broad SMARTS) is 1. The molecule has 3 aromatic rings. The van der Waals surface area contributed by atoms with Crippen molar-refractivity contribution in [3.63, 3.8) is 0 Å². The number of ether oxygens (including phenoxy) is 7. The molecule has 2 aromatic carbocycles. The number of para-hydroxylation sites is 1. The Morgan fingerprint density at radius 1 is 1.04 bits per heavy atom. The first-order chi connectivity index (χ1) is 38.0. The molecule has 4 bridgehead atoms. The maximum atomic E-state index is 14.3. The fraction of sp³-hybridized carbons (Fsp3) is 0.554. The number of anilines is 1. The second kappa shape index (κ2) is 28.2. The van der Waals surface area contributed by atoms with E-state index in [0.29, 0.717) is 30.9 Å². The van der Waals surface area contributed by atoms with Gasteiger partial charge in [0.05, 0.1) is 64.6 Å². The third-order valence-corrected chi connectivity index (χ3v) is 15.1. The van der Waals surface area contributed by atoms with E-state index < -0.39 is 108 Å². The second-order valence-electron chi connectivity index (χ2n) is 20.5. The zero-order valence-corrected chi connectivity index (χ0v) is 47.6. The molecule has 0 spiro atoms. The Morgan fingerprint density at radius 3 is 2.46 bits per heavy atom. The van der Waals surface area contributed by atoms with Gasteiger partial charge >= 0.3 is 18.0 Å². The predicted molar refractivity (Wildman–Crippen MR) is 294 cm³/mol. The Bertz CT molecular complexity index is 2790. The second-order valence-corrected chi connectivity index (χ2v) is 20.9. The topological polar surface area (TPSA) is 287 Å². The van der Waals surface area contributed by atoms with E-state index in [9.17, 15) is 43.8 Å². The van der Waals surface area contributed by atoms with E-state index >= 15 is 0 Å². The molecule has 3 aliphatic heterocycles. The van der Waals surface area contributed by atoms with Gasteiger partial charge in [0.1, 0.15) is 46.8 Å². The first kappa shape index (κ1) is 62.6. The number of methoxy groups -OCH3 is 2. The van der Waals surface area contributed by atoms with Crippen molar-refractivity contribution in [3.8, 4) is 5.75 Å². The lowest BCUT2D eigenvalue weighted by Crippen LogP contribution is -2.63.